The van der Waals surface area contributed by atoms with Crippen molar-refractivity contribution in [2.24, 2.45) is 0 Å². The van der Waals surface area contributed by atoms with Crippen LogP contribution in [0.5, 0.6) is 0 Å². The standard InChI is InChI=1S/C17H19N3O3S2/c1-12-3-5-14(6-4-12)8-10-25(22,23)20-9-7-15-16(11-20)24-17(19-15)18-13(2)21/h3-6,8,10H,7,9,11H2,1-2H3,(H,18,19,21)/b10-8+. The molecule has 1 aliphatic rings. The maximum absolute atomic E-state index is 12.6. The molecule has 0 radical (unpaired) electrons. The molecule has 2 heterocycles. The molecule has 3 rings (SSSR count). The van der Waals surface area contributed by atoms with Crippen molar-refractivity contribution in [1.29, 1.82) is 0 Å². The van der Waals surface area contributed by atoms with Crippen molar-refractivity contribution in [3.05, 3.63) is 51.4 Å². The first-order valence-corrected chi connectivity index (χ1v) is 10.2. The Hall–Kier alpha value is -2.03. The van der Waals surface area contributed by atoms with E-state index in [-0.39, 0.29) is 12.5 Å². The number of carbonyl (C=O) groups is 1. The molecule has 132 valence electrons. The number of hydrogen-bond acceptors (Lipinski definition) is 5. The molecule has 1 N–H and O–H groups in total. The van der Waals surface area contributed by atoms with Gasteiger partial charge in [-0.15, -0.1) is 11.3 Å². The van der Waals surface area contributed by atoms with Gasteiger partial charge in [-0.1, -0.05) is 29.8 Å². The molecule has 0 saturated heterocycles. The molecule has 0 spiro atoms. The minimum atomic E-state index is -3.50. The number of nitrogens with zero attached hydrogens (tertiary/aromatic N) is 2. The summed E-state index contributed by atoms with van der Waals surface area (Å²) in [6.07, 6.45) is 2.16. The number of benzene rings is 1. The van der Waals surface area contributed by atoms with Crippen LogP contribution in [-0.2, 0) is 27.8 Å². The number of hydrogen-bond donors (Lipinski definition) is 1. The van der Waals surface area contributed by atoms with Crippen LogP contribution in [0, 0.1) is 6.92 Å². The van der Waals surface area contributed by atoms with E-state index in [9.17, 15) is 13.2 Å². The van der Waals surface area contributed by atoms with Crippen LogP contribution >= 0.6 is 11.3 Å². The number of thiazole rings is 1. The van der Waals surface area contributed by atoms with E-state index in [0.29, 0.717) is 18.1 Å². The average molecular weight is 377 g/mol. The van der Waals surface area contributed by atoms with E-state index < -0.39 is 10.0 Å². The Balaban J connectivity index is 1.74. The number of nitrogens with one attached hydrogen (secondary N) is 1. The Morgan fingerprint density at radius 1 is 1.32 bits per heavy atom. The van der Waals surface area contributed by atoms with E-state index in [1.54, 1.807) is 6.08 Å². The largest absolute Gasteiger partial charge is 0.302 e. The third kappa shape index (κ3) is 4.33. The molecule has 0 aliphatic carbocycles. The second-order valence-corrected chi connectivity index (χ2v) is 8.81. The van der Waals surface area contributed by atoms with Gasteiger partial charge in [-0.2, -0.15) is 4.31 Å². The van der Waals surface area contributed by atoms with Gasteiger partial charge in [0.05, 0.1) is 12.2 Å². The van der Waals surface area contributed by atoms with Gasteiger partial charge in [-0.05, 0) is 18.6 Å². The fourth-order valence-corrected chi connectivity index (χ4v) is 4.83. The Morgan fingerprint density at radius 3 is 2.72 bits per heavy atom. The van der Waals surface area contributed by atoms with Crippen molar-refractivity contribution in [3.8, 4) is 0 Å². The van der Waals surface area contributed by atoms with Gasteiger partial charge in [0.15, 0.2) is 5.13 Å². The first-order chi connectivity index (χ1) is 11.8. The molecule has 1 amide bonds. The van der Waals surface area contributed by atoms with Crippen LogP contribution in [-0.4, -0.2) is 30.2 Å². The highest BCUT2D eigenvalue weighted by atomic mass is 32.2. The number of fused-ring (bicyclic) bond motifs is 1. The SMILES string of the molecule is CC(=O)Nc1nc2c(s1)CN(S(=O)(=O)/C=C/c1ccc(C)cc1)CC2. The summed E-state index contributed by atoms with van der Waals surface area (Å²) in [6.45, 7) is 4.08. The van der Waals surface area contributed by atoms with E-state index in [4.69, 9.17) is 0 Å². The molecule has 0 saturated carbocycles. The molecule has 1 aromatic carbocycles. The number of carbonyl (C=O) groups excluding carboxylic acids is 1. The lowest BCUT2D eigenvalue weighted by Crippen LogP contribution is -2.34. The molecule has 0 fully saturated rings. The second kappa shape index (κ2) is 7.07. The van der Waals surface area contributed by atoms with Gasteiger partial charge in [-0.25, -0.2) is 13.4 Å². The summed E-state index contributed by atoms with van der Waals surface area (Å²) >= 11 is 1.33. The lowest BCUT2D eigenvalue weighted by molar-refractivity contribution is -0.114. The minimum absolute atomic E-state index is 0.184. The Kier molecular flexibility index (Phi) is 5.03. The van der Waals surface area contributed by atoms with Crippen molar-refractivity contribution in [2.45, 2.75) is 26.8 Å². The van der Waals surface area contributed by atoms with Crippen LogP contribution in [0.4, 0.5) is 5.13 Å². The van der Waals surface area contributed by atoms with E-state index in [1.165, 1.54) is 28.0 Å². The summed E-state index contributed by atoms with van der Waals surface area (Å²) in [5, 5.41) is 4.42. The van der Waals surface area contributed by atoms with Crippen molar-refractivity contribution in [2.75, 3.05) is 11.9 Å². The van der Waals surface area contributed by atoms with Crippen molar-refractivity contribution < 1.29 is 13.2 Å². The van der Waals surface area contributed by atoms with Crippen LogP contribution in [0.15, 0.2) is 29.7 Å². The number of aryl methyl sites for hydroxylation is 1. The predicted octanol–water partition coefficient (Wildman–Crippen LogP) is 2.77. The van der Waals surface area contributed by atoms with E-state index in [1.807, 2.05) is 31.2 Å². The number of sulfonamides is 1. The fourth-order valence-electron chi connectivity index (χ4n) is 2.52. The lowest BCUT2D eigenvalue weighted by atomic mass is 10.2. The van der Waals surface area contributed by atoms with Crippen molar-refractivity contribution in [3.63, 3.8) is 0 Å². The highest BCUT2D eigenvalue weighted by molar-refractivity contribution is 7.92. The summed E-state index contributed by atoms with van der Waals surface area (Å²) in [4.78, 5) is 16.4. The highest BCUT2D eigenvalue weighted by Gasteiger charge is 2.27. The Labute approximate surface area is 151 Å². The fraction of sp³-hybridized carbons (Fsp3) is 0.294. The Morgan fingerprint density at radius 2 is 2.04 bits per heavy atom. The summed E-state index contributed by atoms with van der Waals surface area (Å²) in [5.74, 6) is -0.184. The third-order valence-corrected chi connectivity index (χ3v) is 6.36. The van der Waals surface area contributed by atoms with Crippen molar-refractivity contribution >= 4 is 38.5 Å². The maximum Gasteiger partial charge on any atom is 0.236 e. The molecule has 1 aromatic heterocycles. The van der Waals surface area contributed by atoms with E-state index in [2.05, 4.69) is 10.3 Å². The first kappa shape index (κ1) is 17.8. The van der Waals surface area contributed by atoms with Crippen LogP contribution in [0.2, 0.25) is 0 Å². The molecule has 0 atom stereocenters. The average Bonchev–Trinajstić information content (AvgIpc) is 2.94. The van der Waals surface area contributed by atoms with E-state index >= 15 is 0 Å². The summed E-state index contributed by atoms with van der Waals surface area (Å²) in [5.41, 5.74) is 2.84. The lowest BCUT2D eigenvalue weighted by Gasteiger charge is -2.23. The van der Waals surface area contributed by atoms with E-state index in [0.717, 1.165) is 21.7 Å². The molecule has 25 heavy (non-hydrogen) atoms. The van der Waals surface area contributed by atoms with Gasteiger partial charge in [0.2, 0.25) is 15.9 Å². The normalized spacial score (nSPS) is 15.3. The molecular formula is C17H19N3O3S2. The van der Waals surface area contributed by atoms with Crippen molar-refractivity contribution in [1.82, 2.24) is 9.29 Å². The smallest absolute Gasteiger partial charge is 0.236 e. The van der Waals surface area contributed by atoms with Gasteiger partial charge >= 0.3 is 0 Å². The van der Waals surface area contributed by atoms with Gasteiger partial charge in [0.25, 0.3) is 0 Å². The first-order valence-electron chi connectivity index (χ1n) is 7.84. The van der Waals surface area contributed by atoms with Gasteiger partial charge < -0.3 is 5.32 Å². The number of rotatable bonds is 4. The zero-order valence-corrected chi connectivity index (χ0v) is 15.7. The number of amides is 1. The monoisotopic (exact) mass is 377 g/mol. The quantitative estimate of drug-likeness (QED) is 0.889. The van der Waals surface area contributed by atoms with Crippen LogP contribution < -0.4 is 5.32 Å². The Bertz CT molecular complexity index is 915. The molecule has 0 bridgehead atoms. The highest BCUT2D eigenvalue weighted by Crippen LogP contribution is 2.29. The summed E-state index contributed by atoms with van der Waals surface area (Å²) < 4.78 is 26.6. The molecule has 2 aromatic rings. The number of anilines is 1. The zero-order valence-electron chi connectivity index (χ0n) is 14.0. The maximum atomic E-state index is 12.6. The van der Waals surface area contributed by atoms with Gasteiger partial charge in [0, 0.05) is 30.2 Å². The molecular weight excluding hydrogens is 358 g/mol. The number of aromatic nitrogens is 1. The zero-order chi connectivity index (χ0) is 18.0. The summed E-state index contributed by atoms with van der Waals surface area (Å²) in [6, 6.07) is 7.66. The molecule has 1 aliphatic heterocycles. The van der Waals surface area contributed by atoms with Crippen LogP contribution in [0.1, 0.15) is 28.6 Å². The van der Waals surface area contributed by atoms with Crippen LogP contribution in [0.25, 0.3) is 6.08 Å². The molecule has 0 unspecified atom stereocenters. The molecule has 6 nitrogen and oxygen atoms in total. The molecule has 8 heteroatoms. The second-order valence-electron chi connectivity index (χ2n) is 5.91. The topological polar surface area (TPSA) is 79.4 Å². The summed E-state index contributed by atoms with van der Waals surface area (Å²) in [7, 11) is -3.50. The third-order valence-electron chi connectivity index (χ3n) is 3.85. The van der Waals surface area contributed by atoms with Gasteiger partial charge in [0.1, 0.15) is 0 Å². The predicted molar refractivity (Wildman–Crippen MR) is 99.7 cm³/mol. The minimum Gasteiger partial charge on any atom is -0.302 e. The van der Waals surface area contributed by atoms with Crippen LogP contribution in [0.3, 0.4) is 0 Å². The van der Waals surface area contributed by atoms with Gasteiger partial charge in [-0.3, -0.25) is 4.79 Å².